The van der Waals surface area contributed by atoms with Gasteiger partial charge in [0, 0.05) is 13.0 Å². The molecule has 0 heterocycles. The van der Waals surface area contributed by atoms with Crippen LogP contribution in [0.1, 0.15) is 59.8 Å². The van der Waals surface area contributed by atoms with Crippen LogP contribution in [-0.4, -0.2) is 23.2 Å². The van der Waals surface area contributed by atoms with Gasteiger partial charge in [0.2, 0.25) is 5.91 Å². The molecule has 0 atom stereocenters. The Balaban J connectivity index is 3.97. The number of hydrogen-bond acceptors (Lipinski definition) is 2. The van der Waals surface area contributed by atoms with Crippen LogP contribution in [0.15, 0.2) is 0 Å². The average Bonchev–Trinajstić information content (AvgIpc) is 2.33. The summed E-state index contributed by atoms with van der Waals surface area (Å²) in [4.78, 5) is 11.6. The van der Waals surface area contributed by atoms with Crippen molar-refractivity contribution in [1.82, 2.24) is 5.32 Å². The zero-order chi connectivity index (χ0) is 12.6. The monoisotopic (exact) mass is 229 g/mol. The smallest absolute Gasteiger partial charge is 0.220 e. The number of carbonyl (C=O) groups excluding carboxylic acids is 1. The number of amides is 1. The van der Waals surface area contributed by atoms with Gasteiger partial charge in [-0.2, -0.15) is 0 Å². The molecule has 0 saturated carbocycles. The van der Waals surface area contributed by atoms with Crippen LogP contribution in [0.4, 0.5) is 0 Å². The fraction of sp³-hybridized carbons (Fsp3) is 0.923. The van der Waals surface area contributed by atoms with Gasteiger partial charge in [0.15, 0.2) is 0 Å². The quantitative estimate of drug-likeness (QED) is 0.672. The molecule has 0 spiro atoms. The van der Waals surface area contributed by atoms with E-state index in [0.29, 0.717) is 31.7 Å². The summed E-state index contributed by atoms with van der Waals surface area (Å²) in [6.07, 6.45) is 4.01. The predicted octanol–water partition coefficient (Wildman–Crippen LogP) is 2.48. The van der Waals surface area contributed by atoms with Crippen molar-refractivity contribution in [3.63, 3.8) is 0 Å². The van der Waals surface area contributed by atoms with Gasteiger partial charge in [0.25, 0.3) is 0 Å². The highest BCUT2D eigenvalue weighted by Gasteiger charge is 2.23. The molecule has 96 valence electrons. The molecule has 0 aliphatic rings. The summed E-state index contributed by atoms with van der Waals surface area (Å²) < 4.78 is 0. The number of carbonyl (C=O) groups is 1. The van der Waals surface area contributed by atoms with Crippen molar-refractivity contribution in [2.45, 2.75) is 65.4 Å². The topological polar surface area (TPSA) is 49.3 Å². The van der Waals surface area contributed by atoms with Gasteiger partial charge in [-0.1, -0.05) is 40.5 Å². The lowest BCUT2D eigenvalue weighted by Gasteiger charge is -2.25. The first-order valence-electron chi connectivity index (χ1n) is 6.50. The van der Waals surface area contributed by atoms with E-state index in [0.717, 1.165) is 12.8 Å². The minimum Gasteiger partial charge on any atom is -0.388 e. The van der Waals surface area contributed by atoms with E-state index in [1.807, 2.05) is 13.8 Å². The van der Waals surface area contributed by atoms with Crippen LogP contribution >= 0.6 is 0 Å². The lowest BCUT2D eigenvalue weighted by Crippen LogP contribution is -2.42. The van der Waals surface area contributed by atoms with Gasteiger partial charge in [-0.15, -0.1) is 0 Å². The first-order valence-corrected chi connectivity index (χ1v) is 6.50. The number of hydrogen-bond donors (Lipinski definition) is 2. The highest BCUT2D eigenvalue weighted by atomic mass is 16.3. The molecule has 0 aliphatic carbocycles. The molecular weight excluding hydrogens is 202 g/mol. The minimum absolute atomic E-state index is 0.0639. The van der Waals surface area contributed by atoms with E-state index in [9.17, 15) is 9.90 Å². The maximum absolute atomic E-state index is 11.6. The zero-order valence-corrected chi connectivity index (χ0v) is 11.2. The second-order valence-electron chi connectivity index (χ2n) is 4.59. The molecule has 0 unspecified atom stereocenters. The third kappa shape index (κ3) is 5.50. The fourth-order valence-electron chi connectivity index (χ4n) is 1.67. The molecule has 0 aliphatic heterocycles. The Hall–Kier alpha value is -0.570. The van der Waals surface area contributed by atoms with Crippen molar-refractivity contribution in [3.05, 3.63) is 0 Å². The SMILES string of the molecule is CCC(CC)CC(=O)NCC(O)(CC)CC. The van der Waals surface area contributed by atoms with E-state index in [1.54, 1.807) is 0 Å². The van der Waals surface area contributed by atoms with E-state index in [4.69, 9.17) is 0 Å². The first-order chi connectivity index (χ1) is 7.51. The summed E-state index contributed by atoms with van der Waals surface area (Å²) >= 11 is 0. The van der Waals surface area contributed by atoms with Gasteiger partial charge in [-0.3, -0.25) is 4.79 Å². The molecule has 0 rings (SSSR count). The van der Waals surface area contributed by atoms with Crippen LogP contribution in [0.3, 0.4) is 0 Å². The van der Waals surface area contributed by atoms with Crippen LogP contribution in [0.25, 0.3) is 0 Å². The summed E-state index contributed by atoms with van der Waals surface area (Å²) in [7, 11) is 0. The Morgan fingerprint density at radius 2 is 1.69 bits per heavy atom. The largest absolute Gasteiger partial charge is 0.388 e. The lowest BCUT2D eigenvalue weighted by atomic mass is 9.96. The summed E-state index contributed by atoms with van der Waals surface area (Å²) in [5, 5.41) is 12.8. The van der Waals surface area contributed by atoms with Crippen LogP contribution in [0.2, 0.25) is 0 Å². The standard InChI is InChI=1S/C13H27NO2/c1-5-11(6-2)9-12(15)14-10-13(16,7-3)8-4/h11,16H,5-10H2,1-4H3,(H,14,15). The highest BCUT2D eigenvalue weighted by molar-refractivity contribution is 5.76. The Morgan fingerprint density at radius 1 is 1.19 bits per heavy atom. The maximum Gasteiger partial charge on any atom is 0.220 e. The number of aliphatic hydroxyl groups is 1. The second kappa shape index (κ2) is 7.66. The second-order valence-corrected chi connectivity index (χ2v) is 4.59. The molecule has 0 radical (unpaired) electrons. The van der Waals surface area contributed by atoms with E-state index in [-0.39, 0.29) is 5.91 Å². The van der Waals surface area contributed by atoms with E-state index >= 15 is 0 Å². The average molecular weight is 229 g/mol. The van der Waals surface area contributed by atoms with Crippen molar-refractivity contribution in [2.24, 2.45) is 5.92 Å². The number of rotatable bonds is 8. The molecular formula is C13H27NO2. The third-order valence-electron chi connectivity index (χ3n) is 3.56. The Labute approximate surface area is 99.6 Å². The molecule has 0 fully saturated rings. The molecule has 0 aromatic heterocycles. The van der Waals surface area contributed by atoms with Crippen molar-refractivity contribution >= 4 is 5.91 Å². The van der Waals surface area contributed by atoms with Crippen LogP contribution < -0.4 is 5.32 Å². The van der Waals surface area contributed by atoms with Gasteiger partial charge in [-0.05, 0) is 18.8 Å². The maximum atomic E-state index is 11.6. The molecule has 3 heteroatoms. The van der Waals surface area contributed by atoms with Crippen molar-refractivity contribution in [1.29, 1.82) is 0 Å². The summed E-state index contributed by atoms with van der Waals surface area (Å²) in [5.74, 6) is 0.533. The van der Waals surface area contributed by atoms with Crippen LogP contribution in [-0.2, 0) is 4.79 Å². The van der Waals surface area contributed by atoms with Crippen molar-refractivity contribution < 1.29 is 9.90 Å². The molecule has 3 nitrogen and oxygen atoms in total. The fourth-order valence-corrected chi connectivity index (χ4v) is 1.67. The minimum atomic E-state index is -0.733. The number of nitrogens with one attached hydrogen (secondary N) is 1. The predicted molar refractivity (Wildman–Crippen MR) is 67.2 cm³/mol. The van der Waals surface area contributed by atoms with Gasteiger partial charge in [-0.25, -0.2) is 0 Å². The highest BCUT2D eigenvalue weighted by Crippen LogP contribution is 2.14. The lowest BCUT2D eigenvalue weighted by molar-refractivity contribution is -0.123. The van der Waals surface area contributed by atoms with Gasteiger partial charge in [0.05, 0.1) is 5.60 Å². The normalized spacial score (nSPS) is 11.9. The van der Waals surface area contributed by atoms with Crippen molar-refractivity contribution in [3.8, 4) is 0 Å². The summed E-state index contributed by atoms with van der Waals surface area (Å²) in [5.41, 5.74) is -0.733. The third-order valence-corrected chi connectivity index (χ3v) is 3.56. The van der Waals surface area contributed by atoms with Crippen LogP contribution in [0, 0.1) is 5.92 Å². The van der Waals surface area contributed by atoms with Gasteiger partial charge in [0.1, 0.15) is 0 Å². The Bertz CT molecular complexity index is 196. The van der Waals surface area contributed by atoms with Crippen molar-refractivity contribution in [2.75, 3.05) is 6.54 Å². The molecule has 16 heavy (non-hydrogen) atoms. The first kappa shape index (κ1) is 15.4. The Kier molecular flexibility index (Phi) is 7.39. The molecule has 0 bridgehead atoms. The summed E-state index contributed by atoms with van der Waals surface area (Å²) in [6, 6.07) is 0. The van der Waals surface area contributed by atoms with Gasteiger partial charge >= 0.3 is 0 Å². The van der Waals surface area contributed by atoms with E-state index in [2.05, 4.69) is 19.2 Å². The van der Waals surface area contributed by atoms with Crippen LogP contribution in [0.5, 0.6) is 0 Å². The molecule has 0 aromatic carbocycles. The van der Waals surface area contributed by atoms with Gasteiger partial charge < -0.3 is 10.4 Å². The Morgan fingerprint density at radius 3 is 2.06 bits per heavy atom. The molecule has 1 amide bonds. The summed E-state index contributed by atoms with van der Waals surface area (Å²) in [6.45, 7) is 8.47. The molecule has 0 aromatic rings. The molecule has 2 N–H and O–H groups in total. The van der Waals surface area contributed by atoms with E-state index < -0.39 is 5.60 Å². The molecule has 0 saturated heterocycles. The van der Waals surface area contributed by atoms with E-state index in [1.165, 1.54) is 0 Å². The zero-order valence-electron chi connectivity index (χ0n) is 11.2.